The summed E-state index contributed by atoms with van der Waals surface area (Å²) in [6, 6.07) is 15.8. The third kappa shape index (κ3) is 3.44. The molecule has 4 aromatic rings. The molecule has 0 bridgehead atoms. The van der Waals surface area contributed by atoms with E-state index >= 15 is 0 Å². The summed E-state index contributed by atoms with van der Waals surface area (Å²) >= 11 is 1.62. The minimum atomic E-state index is -0.0942. The van der Waals surface area contributed by atoms with Gasteiger partial charge in [-0.2, -0.15) is 0 Å². The largest absolute Gasteiger partial charge is 0.355 e. The number of thiophene rings is 1. The molecule has 1 aliphatic rings. The number of rotatable bonds is 3. The van der Waals surface area contributed by atoms with Crippen LogP contribution in [0.5, 0.6) is 0 Å². The molecule has 4 heterocycles. The zero-order valence-corrected chi connectivity index (χ0v) is 16.8. The van der Waals surface area contributed by atoms with Crippen molar-refractivity contribution >= 4 is 28.0 Å². The van der Waals surface area contributed by atoms with Gasteiger partial charge in [0.2, 0.25) is 0 Å². The lowest BCUT2D eigenvalue weighted by molar-refractivity contribution is 0.0670. The van der Waals surface area contributed by atoms with Gasteiger partial charge >= 0.3 is 0 Å². The summed E-state index contributed by atoms with van der Waals surface area (Å²) in [6.07, 6.45) is 5.76. The number of amides is 1. The van der Waals surface area contributed by atoms with Crippen LogP contribution in [0.3, 0.4) is 0 Å². The van der Waals surface area contributed by atoms with E-state index < -0.39 is 0 Å². The van der Waals surface area contributed by atoms with E-state index in [4.69, 9.17) is 4.52 Å². The highest BCUT2D eigenvalue weighted by molar-refractivity contribution is 7.13. The molecule has 29 heavy (non-hydrogen) atoms. The Morgan fingerprint density at radius 2 is 2.03 bits per heavy atom. The average Bonchev–Trinajstić information content (AvgIpc) is 3.41. The first-order valence-corrected chi connectivity index (χ1v) is 10.8. The number of aromatic nitrogens is 2. The first kappa shape index (κ1) is 18.1. The predicted octanol–water partition coefficient (Wildman–Crippen LogP) is 5.71. The number of carbonyl (C=O) groups is 1. The van der Waals surface area contributed by atoms with Crippen molar-refractivity contribution < 1.29 is 9.32 Å². The maximum Gasteiger partial charge on any atom is 0.273 e. The van der Waals surface area contributed by atoms with E-state index in [0.717, 1.165) is 52.8 Å². The van der Waals surface area contributed by atoms with Crippen LogP contribution in [0.2, 0.25) is 0 Å². The summed E-state index contributed by atoms with van der Waals surface area (Å²) in [5.74, 6) is 0.726. The first-order chi connectivity index (χ1) is 14.3. The monoisotopic (exact) mass is 403 g/mol. The molecule has 0 unspecified atom stereocenters. The number of carbonyl (C=O) groups excluding carboxylic acids is 1. The fraction of sp³-hybridized carbons (Fsp3) is 0.261. The zero-order valence-electron chi connectivity index (χ0n) is 16.0. The van der Waals surface area contributed by atoms with Crippen LogP contribution >= 0.6 is 11.3 Å². The lowest BCUT2D eigenvalue weighted by atomic mass is 10.0. The van der Waals surface area contributed by atoms with E-state index in [9.17, 15) is 4.79 Å². The van der Waals surface area contributed by atoms with Gasteiger partial charge in [0.05, 0.1) is 10.9 Å². The second kappa shape index (κ2) is 7.79. The Bertz CT molecular complexity index is 1130. The number of pyridine rings is 1. The molecule has 1 saturated heterocycles. The normalized spacial score (nSPS) is 17.4. The third-order valence-corrected chi connectivity index (χ3v) is 6.41. The molecule has 5 nitrogen and oxygen atoms in total. The lowest BCUT2D eigenvalue weighted by Gasteiger charge is -2.28. The number of hydrogen-bond donors (Lipinski definition) is 0. The minimum Gasteiger partial charge on any atom is -0.355 e. The number of likely N-dealkylation sites (tertiary alicyclic amines) is 1. The van der Waals surface area contributed by atoms with E-state index in [-0.39, 0.29) is 11.9 Å². The van der Waals surface area contributed by atoms with Gasteiger partial charge in [0.1, 0.15) is 11.4 Å². The van der Waals surface area contributed by atoms with Crippen molar-refractivity contribution in [3.05, 3.63) is 71.5 Å². The SMILES string of the molecule is O=C(c1nccc2ccccc12)N1CCCCC[C@@H]1c1cc(-c2cccs2)on1. The van der Waals surface area contributed by atoms with Gasteiger partial charge in [-0.15, -0.1) is 11.3 Å². The average molecular weight is 404 g/mol. The molecule has 5 rings (SSSR count). The predicted molar refractivity (Wildman–Crippen MR) is 114 cm³/mol. The molecule has 1 atom stereocenters. The molecule has 0 N–H and O–H groups in total. The second-order valence-corrected chi connectivity index (χ2v) is 8.29. The van der Waals surface area contributed by atoms with Crippen LogP contribution in [-0.2, 0) is 0 Å². The van der Waals surface area contributed by atoms with Crippen molar-refractivity contribution in [3.8, 4) is 10.6 Å². The molecular formula is C23H21N3O2S. The number of fused-ring (bicyclic) bond motifs is 1. The summed E-state index contributed by atoms with van der Waals surface area (Å²) in [7, 11) is 0. The van der Waals surface area contributed by atoms with E-state index in [2.05, 4.69) is 10.1 Å². The standard InChI is InChI=1S/C23H21N3O2S/c27-23(22-17-8-4-3-7-16(17)11-12-24-22)26-13-5-1-2-9-19(26)18-15-20(28-25-18)21-10-6-14-29-21/h3-4,6-8,10-12,14-15,19H,1-2,5,9,13H2/t19-/m1/s1. The molecule has 1 amide bonds. The Morgan fingerprint density at radius 1 is 1.10 bits per heavy atom. The number of benzene rings is 1. The van der Waals surface area contributed by atoms with Gasteiger partial charge < -0.3 is 9.42 Å². The van der Waals surface area contributed by atoms with Gasteiger partial charge in [-0.3, -0.25) is 9.78 Å². The van der Waals surface area contributed by atoms with E-state index in [0.29, 0.717) is 12.2 Å². The van der Waals surface area contributed by atoms with Gasteiger partial charge in [-0.25, -0.2) is 0 Å². The number of hydrogen-bond acceptors (Lipinski definition) is 5. The molecule has 0 spiro atoms. The van der Waals surface area contributed by atoms with Gasteiger partial charge in [-0.05, 0) is 35.7 Å². The van der Waals surface area contributed by atoms with Crippen molar-refractivity contribution in [1.29, 1.82) is 0 Å². The maximum absolute atomic E-state index is 13.6. The van der Waals surface area contributed by atoms with E-state index in [1.807, 2.05) is 58.8 Å². The van der Waals surface area contributed by atoms with Crippen molar-refractivity contribution in [2.24, 2.45) is 0 Å². The molecule has 0 radical (unpaired) electrons. The highest BCUT2D eigenvalue weighted by atomic mass is 32.1. The van der Waals surface area contributed by atoms with Gasteiger partial charge in [0, 0.05) is 24.2 Å². The van der Waals surface area contributed by atoms with Crippen molar-refractivity contribution in [1.82, 2.24) is 15.0 Å². The van der Waals surface area contributed by atoms with Crippen LogP contribution in [0.15, 0.2) is 64.6 Å². The summed E-state index contributed by atoms with van der Waals surface area (Å²) in [5, 5.41) is 8.28. The minimum absolute atomic E-state index is 0.0330. The number of nitrogens with zero attached hydrogens (tertiary/aromatic N) is 3. The molecule has 1 aromatic carbocycles. The van der Waals surface area contributed by atoms with Crippen LogP contribution in [0.4, 0.5) is 0 Å². The molecule has 6 heteroatoms. The highest BCUT2D eigenvalue weighted by Gasteiger charge is 2.31. The fourth-order valence-electron chi connectivity index (χ4n) is 4.07. The molecule has 0 saturated carbocycles. The van der Waals surface area contributed by atoms with Gasteiger partial charge in [-0.1, -0.05) is 48.3 Å². The van der Waals surface area contributed by atoms with E-state index in [1.54, 1.807) is 17.5 Å². The molecule has 1 fully saturated rings. The third-order valence-electron chi connectivity index (χ3n) is 5.52. The van der Waals surface area contributed by atoms with Gasteiger partial charge in [0.25, 0.3) is 5.91 Å². The molecular weight excluding hydrogens is 382 g/mol. The molecule has 3 aromatic heterocycles. The molecule has 0 aliphatic carbocycles. The topological polar surface area (TPSA) is 59.2 Å². The van der Waals surface area contributed by atoms with Gasteiger partial charge in [0.15, 0.2) is 5.76 Å². The molecule has 1 aliphatic heterocycles. The summed E-state index contributed by atoms with van der Waals surface area (Å²) in [4.78, 5) is 21.0. The first-order valence-electron chi connectivity index (χ1n) is 9.96. The Hall–Kier alpha value is -2.99. The zero-order chi connectivity index (χ0) is 19.6. The van der Waals surface area contributed by atoms with Crippen LogP contribution in [0.1, 0.15) is 47.9 Å². The van der Waals surface area contributed by atoms with Crippen LogP contribution < -0.4 is 0 Å². The maximum atomic E-state index is 13.6. The molecule has 146 valence electrons. The Morgan fingerprint density at radius 3 is 2.93 bits per heavy atom. The quantitative estimate of drug-likeness (QED) is 0.440. The summed E-state index contributed by atoms with van der Waals surface area (Å²) in [6.45, 7) is 0.704. The summed E-state index contributed by atoms with van der Waals surface area (Å²) < 4.78 is 5.61. The van der Waals surface area contributed by atoms with Crippen molar-refractivity contribution in [2.75, 3.05) is 6.54 Å². The van der Waals surface area contributed by atoms with Crippen molar-refractivity contribution in [3.63, 3.8) is 0 Å². The van der Waals surface area contributed by atoms with Crippen molar-refractivity contribution in [2.45, 2.75) is 31.7 Å². The van der Waals surface area contributed by atoms with Crippen LogP contribution in [-0.4, -0.2) is 27.5 Å². The van der Waals surface area contributed by atoms with E-state index in [1.165, 1.54) is 0 Å². The highest BCUT2D eigenvalue weighted by Crippen LogP contribution is 2.34. The Kier molecular flexibility index (Phi) is 4.86. The van der Waals surface area contributed by atoms with Crippen LogP contribution in [0, 0.1) is 0 Å². The Balaban J connectivity index is 1.52. The second-order valence-electron chi connectivity index (χ2n) is 7.34. The Labute approximate surface area is 173 Å². The van der Waals surface area contributed by atoms with Crippen LogP contribution in [0.25, 0.3) is 21.4 Å². The lowest BCUT2D eigenvalue weighted by Crippen LogP contribution is -2.35. The fourth-order valence-corrected chi connectivity index (χ4v) is 4.74. The summed E-state index contributed by atoms with van der Waals surface area (Å²) in [5.41, 5.74) is 1.33. The smallest absolute Gasteiger partial charge is 0.273 e.